The van der Waals surface area contributed by atoms with Crippen molar-refractivity contribution in [2.24, 2.45) is 15.1 Å². The summed E-state index contributed by atoms with van der Waals surface area (Å²) in [5, 5.41) is 27.9. The Morgan fingerprint density at radius 3 is 2.52 bits per heavy atom. The molecule has 2 aliphatic rings. The van der Waals surface area contributed by atoms with Gasteiger partial charge in [0.2, 0.25) is 15.9 Å². The monoisotopic (exact) mass is 485 g/mol. The van der Waals surface area contributed by atoms with Crippen LogP contribution in [0.25, 0.3) is 5.57 Å². The Kier molecular flexibility index (Phi) is 4.77. The van der Waals surface area contributed by atoms with E-state index >= 15 is 0 Å². The summed E-state index contributed by atoms with van der Waals surface area (Å²) in [6.07, 6.45) is 1.63. The van der Waals surface area contributed by atoms with Crippen molar-refractivity contribution in [3.8, 4) is 5.88 Å². The van der Waals surface area contributed by atoms with E-state index in [1.165, 1.54) is 42.5 Å². The van der Waals surface area contributed by atoms with Crippen LogP contribution in [0.15, 0.2) is 57.3 Å². The lowest BCUT2D eigenvalue weighted by atomic mass is 10.1. The predicted molar refractivity (Wildman–Crippen MR) is 117 cm³/mol. The third-order valence-electron chi connectivity index (χ3n) is 5.26. The minimum atomic E-state index is -3.85. The molecule has 1 saturated carbocycles. The molecule has 0 atom stereocenters. The molecule has 0 spiro atoms. The molecule has 1 amide bonds. The molecule has 1 fully saturated rings. The summed E-state index contributed by atoms with van der Waals surface area (Å²) in [5.74, 6) is -0.769. The molecule has 1 aromatic heterocycles. The molecule has 1 aliphatic heterocycles. The number of thiazole rings is 1. The third-order valence-corrected chi connectivity index (χ3v) is 7.25. The first-order valence-electron chi connectivity index (χ1n) is 9.67. The highest BCUT2D eigenvalue weighted by atomic mass is 32.2. The second-order valence-electron chi connectivity index (χ2n) is 7.54. The van der Waals surface area contributed by atoms with Crippen LogP contribution >= 0.6 is 11.3 Å². The van der Waals surface area contributed by atoms with Gasteiger partial charge in [-0.2, -0.15) is 0 Å². The number of benzene rings is 2. The molecule has 3 N–H and O–H groups in total. The quantitative estimate of drug-likeness (QED) is 0.399. The Hall–Kier alpha value is -3.68. The molecule has 3 aromatic rings. The Morgan fingerprint density at radius 1 is 1.21 bits per heavy atom. The van der Waals surface area contributed by atoms with Crippen LogP contribution < -0.4 is 20.5 Å². The molecule has 2 heterocycles. The second kappa shape index (κ2) is 7.43. The van der Waals surface area contributed by atoms with E-state index in [0.29, 0.717) is 15.8 Å². The molecule has 33 heavy (non-hydrogen) atoms. The van der Waals surface area contributed by atoms with Crippen LogP contribution in [0.3, 0.4) is 0 Å². The summed E-state index contributed by atoms with van der Waals surface area (Å²) in [6, 6.07) is 9.55. The first kappa shape index (κ1) is 21.2. The van der Waals surface area contributed by atoms with E-state index in [4.69, 9.17) is 5.14 Å². The van der Waals surface area contributed by atoms with Crippen LogP contribution in [-0.2, 0) is 14.8 Å². The molecule has 13 heteroatoms. The lowest BCUT2D eigenvalue weighted by Gasteiger charge is -2.03. The fraction of sp³-hybridized carbons (Fsp3) is 0.150. The number of amides is 1. The van der Waals surface area contributed by atoms with Gasteiger partial charge in [0, 0.05) is 23.4 Å². The maximum absolute atomic E-state index is 12.7. The molecule has 0 unspecified atom stereocenters. The number of carbonyl (C=O) groups excluding carboxylic acids is 1. The van der Waals surface area contributed by atoms with Gasteiger partial charge in [-0.15, -0.1) is 0 Å². The lowest BCUT2D eigenvalue weighted by molar-refractivity contribution is -0.385. The number of aromatic hydroxyl groups is 1. The van der Waals surface area contributed by atoms with Gasteiger partial charge in [-0.05, 0) is 43.2 Å². The van der Waals surface area contributed by atoms with Gasteiger partial charge >= 0.3 is 0 Å². The minimum absolute atomic E-state index is 0.00364. The van der Waals surface area contributed by atoms with Crippen molar-refractivity contribution in [1.82, 2.24) is 4.57 Å². The number of sulfonamides is 1. The molecule has 2 aromatic carbocycles. The first-order valence-corrected chi connectivity index (χ1v) is 12.0. The molecule has 1 aliphatic carbocycles. The summed E-state index contributed by atoms with van der Waals surface area (Å²) in [7, 11) is -3.85. The Bertz CT molecular complexity index is 1650. The summed E-state index contributed by atoms with van der Waals surface area (Å²) in [4.78, 5) is 32.4. The number of non-ortho nitro benzene ring substituents is 1. The highest BCUT2D eigenvalue weighted by molar-refractivity contribution is 7.89. The number of rotatable bonds is 5. The maximum Gasteiger partial charge on any atom is 0.279 e. The van der Waals surface area contributed by atoms with Gasteiger partial charge in [0.25, 0.3) is 11.6 Å². The van der Waals surface area contributed by atoms with Crippen LogP contribution in [0.1, 0.15) is 23.8 Å². The van der Waals surface area contributed by atoms with E-state index in [1.54, 1.807) is 4.57 Å². The molecular formula is C20H15N5O6S2. The maximum atomic E-state index is 12.7. The smallest absolute Gasteiger partial charge is 0.279 e. The summed E-state index contributed by atoms with van der Waals surface area (Å²) in [6.45, 7) is 0. The zero-order valence-electron chi connectivity index (χ0n) is 16.7. The fourth-order valence-electron chi connectivity index (χ4n) is 3.54. The van der Waals surface area contributed by atoms with Crippen LogP contribution in [0.4, 0.5) is 11.4 Å². The van der Waals surface area contributed by atoms with E-state index in [9.17, 15) is 28.4 Å². The predicted octanol–water partition coefficient (Wildman–Crippen LogP) is 0.737. The highest BCUT2D eigenvalue weighted by Gasteiger charge is 2.32. The number of nitrogens with two attached hydrogens (primary N) is 1. The summed E-state index contributed by atoms with van der Waals surface area (Å²) in [5.41, 5.74) is 0.312. The van der Waals surface area contributed by atoms with Crippen LogP contribution in [-0.4, -0.2) is 28.9 Å². The molecular weight excluding hydrogens is 470 g/mol. The number of nitro groups is 1. The SMILES string of the molecule is NS(=O)(=O)c1ccc(N=c2sc(C3=c4cc([N+](=O)[O-])ccc4=NC3=O)c(O)n2C2CC2)cc1. The standard InChI is InChI=1S/C20H15N5O6S2/c21-33(30,31)13-6-1-10(2-7-13)22-20-24(11-3-4-11)19(27)17(32-20)16-14-9-12(25(28)29)5-8-15(14)23-18(16)26/h1-2,5-9,11,27H,3-4H2,(H2,21,30,31). The number of primary sulfonamides is 1. The van der Waals surface area contributed by atoms with E-state index in [1.807, 2.05) is 0 Å². The number of aromatic nitrogens is 1. The van der Waals surface area contributed by atoms with Crippen LogP contribution in [0, 0.1) is 10.1 Å². The zero-order valence-corrected chi connectivity index (χ0v) is 18.3. The molecule has 0 saturated heterocycles. The van der Waals surface area contributed by atoms with Gasteiger partial charge in [0.15, 0.2) is 4.80 Å². The van der Waals surface area contributed by atoms with Crippen molar-refractivity contribution >= 4 is 44.2 Å². The Balaban J connectivity index is 1.71. The van der Waals surface area contributed by atoms with Crippen molar-refractivity contribution in [2.45, 2.75) is 23.8 Å². The number of fused-ring (bicyclic) bond motifs is 1. The molecule has 5 rings (SSSR count). The topological polar surface area (TPSA) is 170 Å². The zero-order chi connectivity index (χ0) is 23.5. The van der Waals surface area contributed by atoms with Gasteiger partial charge in [0.05, 0.1) is 26.4 Å². The van der Waals surface area contributed by atoms with Gasteiger partial charge < -0.3 is 5.11 Å². The van der Waals surface area contributed by atoms with Crippen molar-refractivity contribution < 1.29 is 23.2 Å². The van der Waals surface area contributed by atoms with Crippen molar-refractivity contribution in [2.75, 3.05) is 0 Å². The average molecular weight is 486 g/mol. The molecule has 0 bridgehead atoms. The van der Waals surface area contributed by atoms with Crippen molar-refractivity contribution in [3.63, 3.8) is 0 Å². The van der Waals surface area contributed by atoms with Gasteiger partial charge in [-0.1, -0.05) is 11.3 Å². The second-order valence-corrected chi connectivity index (χ2v) is 10.1. The molecule has 0 radical (unpaired) electrons. The number of nitrogens with zero attached hydrogens (tertiary/aromatic N) is 4. The molecule has 11 nitrogen and oxygen atoms in total. The highest BCUT2D eigenvalue weighted by Crippen LogP contribution is 2.40. The molecule has 168 valence electrons. The number of hydrogen-bond donors (Lipinski definition) is 2. The van der Waals surface area contributed by atoms with E-state index in [2.05, 4.69) is 9.98 Å². The van der Waals surface area contributed by atoms with Crippen molar-refractivity contribution in [1.29, 1.82) is 0 Å². The summed E-state index contributed by atoms with van der Waals surface area (Å²) < 4.78 is 24.6. The summed E-state index contributed by atoms with van der Waals surface area (Å²) >= 11 is 1.05. The largest absolute Gasteiger partial charge is 0.493 e. The number of hydrogen-bond acceptors (Lipinski definition) is 8. The normalized spacial score (nSPS) is 16.1. The van der Waals surface area contributed by atoms with E-state index < -0.39 is 20.9 Å². The van der Waals surface area contributed by atoms with E-state index in [-0.39, 0.29) is 38.2 Å². The van der Waals surface area contributed by atoms with Gasteiger partial charge in [-0.25, -0.2) is 23.5 Å². The minimum Gasteiger partial charge on any atom is -0.493 e. The number of nitro benzene ring substituents is 1. The lowest BCUT2D eigenvalue weighted by Crippen LogP contribution is -2.23. The third kappa shape index (κ3) is 3.75. The van der Waals surface area contributed by atoms with Crippen LogP contribution in [0.2, 0.25) is 0 Å². The average Bonchev–Trinajstić information content (AvgIpc) is 3.46. The van der Waals surface area contributed by atoms with Gasteiger partial charge in [0.1, 0.15) is 4.88 Å². The number of carbonyl (C=O) groups is 1. The Labute approximate surface area is 189 Å². The first-order chi connectivity index (χ1) is 15.6. The van der Waals surface area contributed by atoms with Gasteiger partial charge in [-0.3, -0.25) is 19.5 Å². The van der Waals surface area contributed by atoms with Crippen LogP contribution in [0.5, 0.6) is 5.88 Å². The Morgan fingerprint density at radius 2 is 1.91 bits per heavy atom. The van der Waals surface area contributed by atoms with E-state index in [0.717, 1.165) is 24.2 Å². The van der Waals surface area contributed by atoms with Crippen molar-refractivity contribution in [3.05, 3.63) is 72.8 Å². The fourth-order valence-corrected chi connectivity index (χ4v) is 5.22.